The van der Waals surface area contributed by atoms with Gasteiger partial charge in [0.15, 0.2) is 0 Å². The summed E-state index contributed by atoms with van der Waals surface area (Å²) in [5.74, 6) is 0.842. The third-order valence-corrected chi connectivity index (χ3v) is 4.32. The summed E-state index contributed by atoms with van der Waals surface area (Å²) in [6.07, 6.45) is 4.16. The van der Waals surface area contributed by atoms with Crippen molar-refractivity contribution in [1.29, 1.82) is 0 Å². The van der Waals surface area contributed by atoms with Crippen molar-refractivity contribution in [3.05, 3.63) is 30.6 Å². The van der Waals surface area contributed by atoms with E-state index in [2.05, 4.69) is 15.3 Å². The van der Waals surface area contributed by atoms with Gasteiger partial charge in [0.2, 0.25) is 0 Å². The Morgan fingerprint density at radius 2 is 2.11 bits per heavy atom. The van der Waals surface area contributed by atoms with Gasteiger partial charge in [-0.3, -0.25) is 4.21 Å². The highest BCUT2D eigenvalue weighted by Crippen LogP contribution is 2.18. The molecular formula is C13H17N3OS. The second-order valence-corrected chi connectivity index (χ2v) is 6.07. The zero-order valence-electron chi connectivity index (χ0n) is 10.6. The topological polar surface area (TPSA) is 54.9 Å². The predicted molar refractivity (Wildman–Crippen MR) is 76.2 cm³/mol. The number of para-hydroxylation sites is 1. The monoisotopic (exact) mass is 263 g/mol. The Bertz CT molecular complexity index is 553. The first-order valence-electron chi connectivity index (χ1n) is 5.94. The highest BCUT2D eigenvalue weighted by molar-refractivity contribution is 7.84. The largest absolute Gasteiger partial charge is 0.369 e. The fraction of sp³-hybridized carbons (Fsp3) is 0.385. The van der Waals surface area contributed by atoms with Crippen molar-refractivity contribution in [1.82, 2.24) is 9.97 Å². The number of hydrogen-bond acceptors (Lipinski definition) is 4. The summed E-state index contributed by atoms with van der Waals surface area (Å²) in [6.45, 7) is 2.76. The van der Waals surface area contributed by atoms with E-state index < -0.39 is 10.8 Å². The second-order valence-electron chi connectivity index (χ2n) is 4.26. The van der Waals surface area contributed by atoms with Crippen LogP contribution in [-0.4, -0.2) is 32.2 Å². The Morgan fingerprint density at radius 1 is 1.33 bits per heavy atom. The molecule has 4 nitrogen and oxygen atoms in total. The number of nitrogens with zero attached hydrogens (tertiary/aromatic N) is 2. The van der Waals surface area contributed by atoms with Gasteiger partial charge in [0.05, 0.1) is 5.52 Å². The number of anilines is 1. The molecule has 5 heteroatoms. The zero-order chi connectivity index (χ0) is 13.0. The molecule has 1 aromatic carbocycles. The molecule has 0 fully saturated rings. The Kier molecular flexibility index (Phi) is 4.25. The summed E-state index contributed by atoms with van der Waals surface area (Å²) in [5, 5.41) is 4.51. The van der Waals surface area contributed by atoms with Crippen molar-refractivity contribution in [2.75, 3.05) is 18.1 Å². The van der Waals surface area contributed by atoms with E-state index in [0.717, 1.165) is 29.7 Å². The van der Waals surface area contributed by atoms with Crippen LogP contribution in [0.3, 0.4) is 0 Å². The number of fused-ring (bicyclic) bond motifs is 1. The van der Waals surface area contributed by atoms with Crippen LogP contribution in [0.1, 0.15) is 13.3 Å². The normalized spacial score (nSPS) is 14.3. The quantitative estimate of drug-likeness (QED) is 0.898. The minimum absolute atomic E-state index is 0.200. The standard InChI is InChI=1S/C13H17N3OS/c1-10(18(2)17)7-8-14-13-11-5-3-4-6-12(11)15-9-16-13/h3-6,9-10H,7-8H2,1-2H3,(H,14,15,16). The van der Waals surface area contributed by atoms with Crippen LogP contribution in [0.15, 0.2) is 30.6 Å². The zero-order valence-corrected chi connectivity index (χ0v) is 11.4. The summed E-state index contributed by atoms with van der Waals surface area (Å²) >= 11 is 0. The fourth-order valence-electron chi connectivity index (χ4n) is 1.71. The van der Waals surface area contributed by atoms with Crippen molar-refractivity contribution < 1.29 is 4.21 Å². The lowest BCUT2D eigenvalue weighted by Gasteiger charge is -2.10. The molecule has 0 radical (unpaired) electrons. The van der Waals surface area contributed by atoms with Crippen molar-refractivity contribution in [3.8, 4) is 0 Å². The molecule has 0 aliphatic heterocycles. The summed E-state index contributed by atoms with van der Waals surface area (Å²) in [5.41, 5.74) is 0.933. The maximum absolute atomic E-state index is 11.3. The Hall–Kier alpha value is -1.49. The smallest absolute Gasteiger partial charge is 0.137 e. The molecule has 0 bridgehead atoms. The fourth-order valence-corrected chi connectivity index (χ4v) is 2.16. The maximum atomic E-state index is 11.3. The van der Waals surface area contributed by atoms with Crippen LogP contribution in [0, 0.1) is 0 Å². The van der Waals surface area contributed by atoms with E-state index >= 15 is 0 Å². The van der Waals surface area contributed by atoms with Gasteiger partial charge in [0.1, 0.15) is 12.1 Å². The van der Waals surface area contributed by atoms with E-state index in [1.165, 1.54) is 0 Å². The Morgan fingerprint density at radius 3 is 2.89 bits per heavy atom. The van der Waals surface area contributed by atoms with Crippen molar-refractivity contribution in [2.24, 2.45) is 0 Å². The predicted octanol–water partition coefficient (Wildman–Crippen LogP) is 2.20. The lowest BCUT2D eigenvalue weighted by atomic mass is 10.2. The molecular weight excluding hydrogens is 246 g/mol. The number of hydrogen-bond donors (Lipinski definition) is 1. The molecule has 0 aliphatic rings. The van der Waals surface area contributed by atoms with Gasteiger partial charge in [-0.1, -0.05) is 19.1 Å². The van der Waals surface area contributed by atoms with Crippen LogP contribution < -0.4 is 5.32 Å². The lowest BCUT2D eigenvalue weighted by molar-refractivity contribution is 0.672. The van der Waals surface area contributed by atoms with Gasteiger partial charge in [0, 0.05) is 34.2 Å². The Labute approximate surface area is 109 Å². The first-order valence-corrected chi connectivity index (χ1v) is 7.56. The molecule has 1 heterocycles. The van der Waals surface area contributed by atoms with E-state index in [4.69, 9.17) is 0 Å². The SMILES string of the molecule is CC(CCNc1ncnc2ccccc12)S(C)=O. The maximum Gasteiger partial charge on any atom is 0.137 e. The van der Waals surface area contributed by atoms with Crippen LogP contribution in [0.4, 0.5) is 5.82 Å². The number of aromatic nitrogens is 2. The molecule has 2 aromatic rings. The molecule has 96 valence electrons. The molecule has 18 heavy (non-hydrogen) atoms. The van der Waals surface area contributed by atoms with Crippen LogP contribution in [0.2, 0.25) is 0 Å². The van der Waals surface area contributed by atoms with E-state index in [1.807, 2.05) is 31.2 Å². The first kappa shape index (κ1) is 13.0. The third kappa shape index (κ3) is 3.04. The average Bonchev–Trinajstić information content (AvgIpc) is 2.38. The minimum atomic E-state index is -0.768. The van der Waals surface area contributed by atoms with Crippen LogP contribution in [-0.2, 0) is 10.8 Å². The van der Waals surface area contributed by atoms with Gasteiger partial charge in [-0.15, -0.1) is 0 Å². The highest BCUT2D eigenvalue weighted by atomic mass is 32.2. The number of benzene rings is 1. The third-order valence-electron chi connectivity index (χ3n) is 2.95. The van der Waals surface area contributed by atoms with E-state index in [0.29, 0.717) is 0 Å². The van der Waals surface area contributed by atoms with Crippen LogP contribution >= 0.6 is 0 Å². The molecule has 0 saturated heterocycles. The van der Waals surface area contributed by atoms with Gasteiger partial charge >= 0.3 is 0 Å². The van der Waals surface area contributed by atoms with Gasteiger partial charge in [0.25, 0.3) is 0 Å². The molecule has 0 aliphatic carbocycles. The van der Waals surface area contributed by atoms with Crippen LogP contribution in [0.5, 0.6) is 0 Å². The minimum Gasteiger partial charge on any atom is -0.369 e. The molecule has 2 unspecified atom stereocenters. The Balaban J connectivity index is 2.06. The molecule has 2 atom stereocenters. The molecule has 1 aromatic heterocycles. The molecule has 2 rings (SSSR count). The molecule has 0 amide bonds. The summed E-state index contributed by atoms with van der Waals surface area (Å²) in [4.78, 5) is 8.46. The van der Waals surface area contributed by atoms with E-state index in [1.54, 1.807) is 12.6 Å². The van der Waals surface area contributed by atoms with Gasteiger partial charge in [-0.25, -0.2) is 9.97 Å². The lowest BCUT2D eigenvalue weighted by Crippen LogP contribution is -2.15. The number of rotatable bonds is 5. The molecule has 0 saturated carbocycles. The van der Waals surface area contributed by atoms with E-state index in [9.17, 15) is 4.21 Å². The number of nitrogens with one attached hydrogen (secondary N) is 1. The van der Waals surface area contributed by atoms with Crippen molar-refractivity contribution >= 4 is 27.5 Å². The highest BCUT2D eigenvalue weighted by Gasteiger charge is 2.06. The second kappa shape index (κ2) is 5.91. The van der Waals surface area contributed by atoms with E-state index in [-0.39, 0.29) is 5.25 Å². The first-order chi connectivity index (χ1) is 8.68. The summed E-state index contributed by atoms with van der Waals surface area (Å²) in [7, 11) is -0.768. The van der Waals surface area contributed by atoms with Crippen molar-refractivity contribution in [3.63, 3.8) is 0 Å². The molecule has 1 N–H and O–H groups in total. The average molecular weight is 263 g/mol. The molecule has 0 spiro atoms. The van der Waals surface area contributed by atoms with Crippen LogP contribution in [0.25, 0.3) is 10.9 Å². The van der Waals surface area contributed by atoms with Gasteiger partial charge < -0.3 is 5.32 Å². The summed E-state index contributed by atoms with van der Waals surface area (Å²) in [6, 6.07) is 7.90. The van der Waals surface area contributed by atoms with Gasteiger partial charge in [-0.2, -0.15) is 0 Å². The van der Waals surface area contributed by atoms with Gasteiger partial charge in [-0.05, 0) is 18.6 Å². The van der Waals surface area contributed by atoms with Crippen molar-refractivity contribution in [2.45, 2.75) is 18.6 Å². The summed E-state index contributed by atoms with van der Waals surface area (Å²) < 4.78 is 11.3.